The molecular weight excluding hydrogens is 283 g/mol. The molecule has 1 heterocycles. The van der Waals surface area contributed by atoms with Crippen molar-refractivity contribution in [2.24, 2.45) is 0 Å². The molecule has 0 saturated heterocycles. The highest BCUT2D eigenvalue weighted by Crippen LogP contribution is 2.22. The van der Waals surface area contributed by atoms with E-state index < -0.39 is 0 Å². The molecule has 0 bridgehead atoms. The molecule has 0 aliphatic carbocycles. The summed E-state index contributed by atoms with van der Waals surface area (Å²) >= 11 is 11.7. The monoisotopic (exact) mass is 294 g/mol. The van der Waals surface area contributed by atoms with Gasteiger partial charge in [-0.3, -0.25) is 9.78 Å². The zero-order valence-corrected chi connectivity index (χ0v) is 11.6. The summed E-state index contributed by atoms with van der Waals surface area (Å²) in [6.07, 6.45) is 1.72. The van der Waals surface area contributed by atoms with Gasteiger partial charge in [0.25, 0.3) is 0 Å². The number of benzene rings is 1. The van der Waals surface area contributed by atoms with Gasteiger partial charge in [-0.1, -0.05) is 29.3 Å². The van der Waals surface area contributed by atoms with Crippen LogP contribution in [0.2, 0.25) is 10.0 Å². The van der Waals surface area contributed by atoms with Gasteiger partial charge in [-0.15, -0.1) is 0 Å². The van der Waals surface area contributed by atoms with Crippen LogP contribution in [0.25, 0.3) is 0 Å². The zero-order chi connectivity index (χ0) is 13.7. The van der Waals surface area contributed by atoms with Gasteiger partial charge in [-0.2, -0.15) is 0 Å². The van der Waals surface area contributed by atoms with E-state index in [0.717, 1.165) is 5.69 Å². The topological polar surface area (TPSA) is 42.0 Å². The first-order valence-electron chi connectivity index (χ1n) is 5.75. The van der Waals surface area contributed by atoms with Gasteiger partial charge < -0.3 is 5.32 Å². The highest BCUT2D eigenvalue weighted by atomic mass is 35.5. The summed E-state index contributed by atoms with van der Waals surface area (Å²) in [5, 5.41) is 3.88. The first kappa shape index (κ1) is 14.0. The van der Waals surface area contributed by atoms with E-state index in [9.17, 15) is 4.79 Å². The number of carbonyl (C=O) groups is 1. The molecule has 1 aromatic heterocycles. The lowest BCUT2D eigenvalue weighted by atomic mass is 10.1. The number of pyridine rings is 1. The first-order valence-corrected chi connectivity index (χ1v) is 6.51. The lowest BCUT2D eigenvalue weighted by Crippen LogP contribution is -2.23. The van der Waals surface area contributed by atoms with Gasteiger partial charge in [0.05, 0.1) is 22.3 Å². The number of hydrogen-bond acceptors (Lipinski definition) is 3. The second-order valence-corrected chi connectivity index (χ2v) is 4.79. The van der Waals surface area contributed by atoms with Gasteiger partial charge in [0, 0.05) is 18.3 Å². The summed E-state index contributed by atoms with van der Waals surface area (Å²) in [5.74, 6) is -0.0329. The van der Waals surface area contributed by atoms with Gasteiger partial charge in [0.15, 0.2) is 5.78 Å². The standard InChI is InChI=1S/C14H12Cl2N2O/c15-12-5-4-10(7-13(12)16)14(19)9-17-8-11-3-1-2-6-18-11/h1-7,17H,8-9H2. The summed E-state index contributed by atoms with van der Waals surface area (Å²) in [5.41, 5.74) is 1.44. The molecule has 98 valence electrons. The van der Waals surface area contributed by atoms with Crippen molar-refractivity contribution in [2.75, 3.05) is 6.54 Å². The SMILES string of the molecule is O=C(CNCc1ccccn1)c1ccc(Cl)c(Cl)c1. The van der Waals surface area contributed by atoms with E-state index in [2.05, 4.69) is 10.3 Å². The van der Waals surface area contributed by atoms with Crippen LogP contribution in [-0.2, 0) is 6.54 Å². The number of Topliss-reactive ketones (excluding diaryl/α,β-unsaturated/α-hetero) is 1. The van der Waals surface area contributed by atoms with Crippen LogP contribution in [-0.4, -0.2) is 17.3 Å². The van der Waals surface area contributed by atoms with Crippen LogP contribution in [0.4, 0.5) is 0 Å². The van der Waals surface area contributed by atoms with E-state index in [1.807, 2.05) is 18.2 Å². The summed E-state index contributed by atoms with van der Waals surface area (Å²) < 4.78 is 0. The van der Waals surface area contributed by atoms with E-state index in [1.54, 1.807) is 24.4 Å². The third-order valence-corrected chi connectivity index (χ3v) is 3.30. The number of aromatic nitrogens is 1. The fraction of sp³-hybridized carbons (Fsp3) is 0.143. The predicted octanol–water partition coefficient (Wildman–Crippen LogP) is 3.36. The second-order valence-electron chi connectivity index (χ2n) is 3.98. The Labute approximate surface area is 121 Å². The second kappa shape index (κ2) is 6.66. The minimum absolute atomic E-state index is 0.0329. The number of halogens is 2. The van der Waals surface area contributed by atoms with Crippen LogP contribution in [0.3, 0.4) is 0 Å². The van der Waals surface area contributed by atoms with Crippen molar-refractivity contribution in [3.05, 3.63) is 63.9 Å². The Morgan fingerprint density at radius 3 is 2.68 bits per heavy atom. The Hall–Kier alpha value is -1.42. The molecule has 0 amide bonds. The molecule has 0 radical (unpaired) electrons. The van der Waals surface area contributed by atoms with Crippen molar-refractivity contribution in [3.63, 3.8) is 0 Å². The average Bonchev–Trinajstić information content (AvgIpc) is 2.43. The van der Waals surface area contributed by atoms with Gasteiger partial charge in [-0.25, -0.2) is 0 Å². The number of carbonyl (C=O) groups excluding carboxylic acids is 1. The molecular formula is C14H12Cl2N2O. The smallest absolute Gasteiger partial charge is 0.176 e. The molecule has 19 heavy (non-hydrogen) atoms. The summed E-state index contributed by atoms with van der Waals surface area (Å²) in [6, 6.07) is 10.5. The fourth-order valence-electron chi connectivity index (χ4n) is 1.58. The Morgan fingerprint density at radius 1 is 1.16 bits per heavy atom. The largest absolute Gasteiger partial charge is 0.304 e. The van der Waals surface area contributed by atoms with Gasteiger partial charge in [-0.05, 0) is 30.3 Å². The van der Waals surface area contributed by atoms with Crippen LogP contribution in [0.15, 0.2) is 42.6 Å². The van der Waals surface area contributed by atoms with Crippen LogP contribution >= 0.6 is 23.2 Å². The summed E-state index contributed by atoms with van der Waals surface area (Å²) in [6.45, 7) is 0.780. The minimum atomic E-state index is -0.0329. The molecule has 0 atom stereocenters. The molecule has 1 N–H and O–H groups in total. The van der Waals surface area contributed by atoms with Crippen molar-refractivity contribution >= 4 is 29.0 Å². The van der Waals surface area contributed by atoms with Gasteiger partial charge >= 0.3 is 0 Å². The minimum Gasteiger partial charge on any atom is -0.304 e. The molecule has 2 aromatic rings. The van der Waals surface area contributed by atoms with Crippen molar-refractivity contribution < 1.29 is 4.79 Å². The zero-order valence-electron chi connectivity index (χ0n) is 10.1. The van der Waals surface area contributed by atoms with Crippen molar-refractivity contribution in [1.82, 2.24) is 10.3 Å². The van der Waals surface area contributed by atoms with Gasteiger partial charge in [0.2, 0.25) is 0 Å². The number of nitrogens with zero attached hydrogens (tertiary/aromatic N) is 1. The van der Waals surface area contributed by atoms with E-state index in [1.165, 1.54) is 0 Å². The van der Waals surface area contributed by atoms with E-state index >= 15 is 0 Å². The Morgan fingerprint density at radius 2 is 2.00 bits per heavy atom. The average molecular weight is 295 g/mol. The molecule has 2 rings (SSSR count). The van der Waals surface area contributed by atoms with Crippen LogP contribution in [0, 0.1) is 0 Å². The Balaban J connectivity index is 1.89. The van der Waals surface area contributed by atoms with Crippen molar-refractivity contribution in [1.29, 1.82) is 0 Å². The van der Waals surface area contributed by atoms with Crippen molar-refractivity contribution in [3.8, 4) is 0 Å². The quantitative estimate of drug-likeness (QED) is 0.860. The number of hydrogen-bond donors (Lipinski definition) is 1. The van der Waals surface area contributed by atoms with Gasteiger partial charge in [0.1, 0.15) is 0 Å². The molecule has 0 fully saturated rings. The lowest BCUT2D eigenvalue weighted by Gasteiger charge is -2.05. The molecule has 0 saturated carbocycles. The Kier molecular flexibility index (Phi) is 4.91. The highest BCUT2D eigenvalue weighted by molar-refractivity contribution is 6.42. The highest BCUT2D eigenvalue weighted by Gasteiger charge is 2.07. The number of nitrogens with one attached hydrogen (secondary N) is 1. The normalized spacial score (nSPS) is 10.4. The summed E-state index contributed by atoms with van der Waals surface area (Å²) in [7, 11) is 0. The molecule has 5 heteroatoms. The molecule has 0 aliphatic rings. The molecule has 0 aliphatic heterocycles. The van der Waals surface area contributed by atoms with Crippen LogP contribution < -0.4 is 5.32 Å². The molecule has 3 nitrogen and oxygen atoms in total. The number of rotatable bonds is 5. The first-order chi connectivity index (χ1) is 9.16. The molecule has 1 aromatic carbocycles. The number of ketones is 1. The molecule has 0 spiro atoms. The van der Waals surface area contributed by atoms with Crippen LogP contribution in [0.1, 0.15) is 16.1 Å². The molecule has 0 unspecified atom stereocenters. The predicted molar refractivity (Wildman–Crippen MR) is 76.7 cm³/mol. The van der Waals surface area contributed by atoms with Crippen LogP contribution in [0.5, 0.6) is 0 Å². The summed E-state index contributed by atoms with van der Waals surface area (Å²) in [4.78, 5) is 16.1. The maximum Gasteiger partial charge on any atom is 0.176 e. The van der Waals surface area contributed by atoms with E-state index in [0.29, 0.717) is 22.2 Å². The van der Waals surface area contributed by atoms with E-state index in [4.69, 9.17) is 23.2 Å². The lowest BCUT2D eigenvalue weighted by molar-refractivity contribution is 0.0990. The van der Waals surface area contributed by atoms with Crippen molar-refractivity contribution in [2.45, 2.75) is 6.54 Å². The Bertz CT molecular complexity index is 573. The van der Waals surface area contributed by atoms with E-state index in [-0.39, 0.29) is 12.3 Å². The third-order valence-electron chi connectivity index (χ3n) is 2.56. The third kappa shape index (κ3) is 4.03. The fourth-order valence-corrected chi connectivity index (χ4v) is 1.88. The maximum atomic E-state index is 11.9. The maximum absolute atomic E-state index is 11.9.